The number of rotatable bonds is 8. The number of carbonyl (C=O) groups is 2. The lowest BCUT2D eigenvalue weighted by molar-refractivity contribution is -0.228. The van der Waals surface area contributed by atoms with Crippen LogP contribution in [0.2, 0.25) is 0 Å². The molecule has 2 unspecified atom stereocenters. The first-order valence-corrected chi connectivity index (χ1v) is 8.85. The molecule has 0 spiro atoms. The van der Waals surface area contributed by atoms with Gasteiger partial charge in [-0.3, -0.25) is 0 Å². The molecule has 1 aliphatic heterocycles. The quantitative estimate of drug-likeness (QED) is 0.497. The van der Waals surface area contributed by atoms with Crippen LogP contribution in [-0.2, 0) is 28.5 Å². The van der Waals surface area contributed by atoms with E-state index in [0.717, 1.165) is 25.7 Å². The van der Waals surface area contributed by atoms with Crippen LogP contribution in [0.3, 0.4) is 0 Å². The highest BCUT2D eigenvalue weighted by Gasteiger charge is 2.57. The molecule has 2 atom stereocenters. The Morgan fingerprint density at radius 3 is 1.58 bits per heavy atom. The molecule has 6 nitrogen and oxygen atoms in total. The maximum absolute atomic E-state index is 12.3. The molecular formula is C18H32O6. The third-order valence-corrected chi connectivity index (χ3v) is 4.29. The topological polar surface area (TPSA) is 71.1 Å². The second kappa shape index (κ2) is 8.81. The van der Waals surface area contributed by atoms with Crippen molar-refractivity contribution < 1.29 is 28.5 Å². The monoisotopic (exact) mass is 344 g/mol. The van der Waals surface area contributed by atoms with Crippen molar-refractivity contribution >= 4 is 11.9 Å². The van der Waals surface area contributed by atoms with Crippen LogP contribution in [0.25, 0.3) is 0 Å². The third kappa shape index (κ3) is 5.18. The molecule has 0 radical (unpaired) electrons. The molecule has 0 amide bonds. The molecule has 0 aliphatic carbocycles. The summed E-state index contributed by atoms with van der Waals surface area (Å²) >= 11 is 0. The smallest absolute Gasteiger partial charge is 0.338 e. The molecule has 140 valence electrons. The van der Waals surface area contributed by atoms with Gasteiger partial charge in [0.2, 0.25) is 0 Å². The van der Waals surface area contributed by atoms with Crippen LogP contribution in [0.4, 0.5) is 0 Å². The number of carbonyl (C=O) groups excluding carboxylic acids is 2. The van der Waals surface area contributed by atoms with Crippen LogP contribution in [-0.4, -0.2) is 43.1 Å². The Morgan fingerprint density at radius 1 is 0.917 bits per heavy atom. The van der Waals surface area contributed by atoms with Gasteiger partial charge in [0.05, 0.1) is 13.2 Å². The summed E-state index contributed by atoms with van der Waals surface area (Å²) in [6.45, 7) is 12.1. The summed E-state index contributed by atoms with van der Waals surface area (Å²) < 4.78 is 22.2. The normalized spacial score (nSPS) is 27.1. The zero-order valence-corrected chi connectivity index (χ0v) is 15.8. The van der Waals surface area contributed by atoms with Crippen molar-refractivity contribution in [2.24, 2.45) is 5.41 Å². The number of hydrogen-bond acceptors (Lipinski definition) is 6. The summed E-state index contributed by atoms with van der Waals surface area (Å²) in [5.74, 6) is -2.22. The predicted molar refractivity (Wildman–Crippen MR) is 89.3 cm³/mol. The molecule has 1 saturated heterocycles. The maximum atomic E-state index is 12.3. The average molecular weight is 344 g/mol. The van der Waals surface area contributed by atoms with Crippen LogP contribution in [0.5, 0.6) is 0 Å². The second-order valence-corrected chi connectivity index (χ2v) is 7.31. The van der Waals surface area contributed by atoms with E-state index in [2.05, 4.69) is 0 Å². The average Bonchev–Trinajstić information content (AvgIpc) is 2.87. The fourth-order valence-electron chi connectivity index (χ4n) is 2.13. The van der Waals surface area contributed by atoms with E-state index in [1.165, 1.54) is 0 Å². The van der Waals surface area contributed by atoms with E-state index in [1.54, 1.807) is 6.92 Å². The highest BCUT2D eigenvalue weighted by atomic mass is 16.8. The van der Waals surface area contributed by atoms with E-state index in [4.69, 9.17) is 18.9 Å². The van der Waals surface area contributed by atoms with E-state index in [0.29, 0.717) is 13.2 Å². The maximum Gasteiger partial charge on any atom is 0.338 e. The van der Waals surface area contributed by atoms with Crippen molar-refractivity contribution in [3.63, 3.8) is 0 Å². The van der Waals surface area contributed by atoms with Gasteiger partial charge in [-0.05, 0) is 19.8 Å². The summed E-state index contributed by atoms with van der Waals surface area (Å²) in [5.41, 5.74) is -0.423. The van der Waals surface area contributed by atoms with Crippen LogP contribution in [0.15, 0.2) is 0 Å². The first kappa shape index (κ1) is 20.9. The van der Waals surface area contributed by atoms with Crippen LogP contribution < -0.4 is 0 Å². The molecule has 1 aliphatic rings. The highest BCUT2D eigenvalue weighted by molar-refractivity contribution is 5.86. The Hall–Kier alpha value is -1.14. The van der Waals surface area contributed by atoms with E-state index >= 15 is 0 Å². The van der Waals surface area contributed by atoms with Gasteiger partial charge in [-0.2, -0.15) is 0 Å². The Bertz CT molecular complexity index is 396. The van der Waals surface area contributed by atoms with E-state index < -0.39 is 35.3 Å². The third-order valence-electron chi connectivity index (χ3n) is 4.29. The Balaban J connectivity index is 2.85. The van der Waals surface area contributed by atoms with Crippen LogP contribution in [0, 0.1) is 5.41 Å². The Morgan fingerprint density at radius 2 is 1.29 bits per heavy atom. The predicted octanol–water partition coefficient (Wildman–Crippen LogP) is 3.22. The van der Waals surface area contributed by atoms with Gasteiger partial charge >= 0.3 is 11.9 Å². The van der Waals surface area contributed by atoms with Crippen molar-refractivity contribution in [3.05, 3.63) is 0 Å². The standard InChI is InChI=1S/C18H32O6/c1-7-9-11-21-15(19)13-14(16(20)22-12-10-8-2)24-18(6,23-13)17(3,4)5/h13-14H,7-12H2,1-6H3. The van der Waals surface area contributed by atoms with Crippen molar-refractivity contribution in [2.75, 3.05) is 13.2 Å². The minimum atomic E-state index is -1.10. The largest absolute Gasteiger partial charge is 0.464 e. The zero-order chi connectivity index (χ0) is 18.4. The summed E-state index contributed by atoms with van der Waals surface area (Å²) in [5, 5.41) is 0. The molecule has 0 aromatic rings. The Kier molecular flexibility index (Phi) is 7.67. The zero-order valence-electron chi connectivity index (χ0n) is 15.8. The number of unbranched alkanes of at least 4 members (excludes halogenated alkanes) is 2. The first-order chi connectivity index (χ1) is 11.2. The molecule has 0 bridgehead atoms. The first-order valence-electron chi connectivity index (χ1n) is 8.85. The Labute approximate surface area is 145 Å². The fraction of sp³-hybridized carbons (Fsp3) is 0.889. The van der Waals surface area contributed by atoms with Gasteiger partial charge in [-0.25, -0.2) is 9.59 Å². The summed E-state index contributed by atoms with van der Waals surface area (Å²) in [4.78, 5) is 24.7. The molecule has 0 N–H and O–H groups in total. The number of ether oxygens (including phenoxy) is 4. The minimum absolute atomic E-state index is 0.305. The van der Waals surface area contributed by atoms with Crippen molar-refractivity contribution in [1.82, 2.24) is 0 Å². The lowest BCUT2D eigenvalue weighted by Gasteiger charge is -2.36. The second-order valence-electron chi connectivity index (χ2n) is 7.31. The van der Waals surface area contributed by atoms with Gasteiger partial charge in [0.1, 0.15) is 0 Å². The fourth-order valence-corrected chi connectivity index (χ4v) is 2.13. The number of hydrogen-bond donors (Lipinski definition) is 0. The molecule has 0 aromatic carbocycles. The molecule has 1 fully saturated rings. The molecule has 0 saturated carbocycles. The van der Waals surface area contributed by atoms with Crippen molar-refractivity contribution in [3.8, 4) is 0 Å². The van der Waals surface area contributed by atoms with E-state index in [-0.39, 0.29) is 0 Å². The summed E-state index contributed by atoms with van der Waals surface area (Å²) in [7, 11) is 0. The molecule has 6 heteroatoms. The van der Waals surface area contributed by atoms with Gasteiger partial charge in [-0.15, -0.1) is 0 Å². The number of esters is 2. The minimum Gasteiger partial charge on any atom is -0.464 e. The summed E-state index contributed by atoms with van der Waals surface area (Å²) in [6.07, 6.45) is 1.17. The van der Waals surface area contributed by atoms with Crippen LogP contribution >= 0.6 is 0 Å². The van der Waals surface area contributed by atoms with E-state index in [9.17, 15) is 9.59 Å². The van der Waals surface area contributed by atoms with Gasteiger partial charge in [0.25, 0.3) is 0 Å². The van der Waals surface area contributed by atoms with Crippen molar-refractivity contribution in [2.45, 2.75) is 85.2 Å². The van der Waals surface area contributed by atoms with Gasteiger partial charge < -0.3 is 18.9 Å². The van der Waals surface area contributed by atoms with Crippen molar-refractivity contribution in [1.29, 1.82) is 0 Å². The van der Waals surface area contributed by atoms with E-state index in [1.807, 2.05) is 34.6 Å². The molecule has 1 heterocycles. The lowest BCUT2D eigenvalue weighted by atomic mass is 9.87. The molecule has 0 aromatic heterocycles. The highest BCUT2D eigenvalue weighted by Crippen LogP contribution is 2.42. The van der Waals surface area contributed by atoms with Gasteiger partial charge in [0, 0.05) is 5.41 Å². The summed E-state index contributed by atoms with van der Waals surface area (Å²) in [6, 6.07) is 0. The van der Waals surface area contributed by atoms with Gasteiger partial charge in [0.15, 0.2) is 18.0 Å². The molecular weight excluding hydrogens is 312 g/mol. The van der Waals surface area contributed by atoms with Gasteiger partial charge in [-0.1, -0.05) is 47.5 Å². The molecule has 1 rings (SSSR count). The lowest BCUT2D eigenvalue weighted by Crippen LogP contribution is -2.42. The van der Waals surface area contributed by atoms with Crippen LogP contribution in [0.1, 0.15) is 67.2 Å². The SMILES string of the molecule is CCCCOC(=O)C1OC(C)(C(C)(C)C)OC1C(=O)OCCCC. The molecule has 24 heavy (non-hydrogen) atoms.